The van der Waals surface area contributed by atoms with Gasteiger partial charge < -0.3 is 24.8 Å². The van der Waals surface area contributed by atoms with E-state index in [9.17, 15) is 14.4 Å². The Hall–Kier alpha value is -3.83. The second kappa shape index (κ2) is 9.54. The molecule has 8 heteroatoms. The van der Waals surface area contributed by atoms with Gasteiger partial charge in [0, 0.05) is 19.0 Å². The number of likely N-dealkylation sites (tertiary alicyclic amines) is 1. The van der Waals surface area contributed by atoms with Crippen LogP contribution in [-0.4, -0.2) is 66.9 Å². The summed E-state index contributed by atoms with van der Waals surface area (Å²) in [5.74, 6) is 3.58. The number of carbonyl (C=O) groups is 3. The van der Waals surface area contributed by atoms with E-state index in [2.05, 4.69) is 29.3 Å². The summed E-state index contributed by atoms with van der Waals surface area (Å²) >= 11 is 0. The molecule has 164 valence electrons. The van der Waals surface area contributed by atoms with E-state index >= 15 is 0 Å². The second-order valence-electron chi connectivity index (χ2n) is 7.52. The fraction of sp³-hybridized carbons (Fsp3) is 0.292. The monoisotopic (exact) mass is 434 g/mol. The Kier molecular flexibility index (Phi) is 6.38. The Morgan fingerprint density at radius 2 is 1.66 bits per heavy atom. The van der Waals surface area contributed by atoms with Crippen molar-refractivity contribution in [2.24, 2.45) is 0 Å². The summed E-state index contributed by atoms with van der Waals surface area (Å²) in [5.41, 5.74) is 4.57. The maximum absolute atomic E-state index is 12.1. The van der Waals surface area contributed by atoms with Crippen molar-refractivity contribution in [1.82, 2.24) is 10.2 Å². The number of carboxylic acids is 1. The van der Waals surface area contributed by atoms with Crippen molar-refractivity contribution >= 4 is 18.0 Å². The first-order valence-corrected chi connectivity index (χ1v) is 10.2. The van der Waals surface area contributed by atoms with E-state index in [0.29, 0.717) is 13.1 Å². The molecule has 2 aliphatic rings. The van der Waals surface area contributed by atoms with Gasteiger partial charge in [-0.3, -0.25) is 4.79 Å². The normalized spacial score (nSPS) is 14.4. The number of nitrogens with one attached hydrogen (secondary N) is 1. The molecule has 2 amide bonds. The molecule has 0 aromatic heterocycles. The predicted octanol–water partition coefficient (Wildman–Crippen LogP) is 1.84. The van der Waals surface area contributed by atoms with Crippen molar-refractivity contribution in [2.75, 3.05) is 32.8 Å². The topological polar surface area (TPSA) is 105 Å². The highest BCUT2D eigenvalue weighted by Gasteiger charge is 2.31. The summed E-state index contributed by atoms with van der Waals surface area (Å²) in [6, 6.07) is 16.2. The Morgan fingerprint density at radius 3 is 2.28 bits per heavy atom. The van der Waals surface area contributed by atoms with Gasteiger partial charge in [-0.2, -0.15) is 0 Å². The van der Waals surface area contributed by atoms with Crippen molar-refractivity contribution < 1.29 is 29.0 Å². The molecule has 0 spiro atoms. The molecule has 32 heavy (non-hydrogen) atoms. The first-order valence-electron chi connectivity index (χ1n) is 10.2. The van der Waals surface area contributed by atoms with Crippen LogP contribution in [0.4, 0.5) is 4.79 Å². The zero-order valence-corrected chi connectivity index (χ0v) is 17.2. The largest absolute Gasteiger partial charge is 0.480 e. The van der Waals surface area contributed by atoms with E-state index in [1.807, 2.05) is 36.4 Å². The van der Waals surface area contributed by atoms with Crippen molar-refractivity contribution in [2.45, 2.75) is 12.0 Å². The van der Waals surface area contributed by atoms with Gasteiger partial charge in [0.05, 0.1) is 12.6 Å². The van der Waals surface area contributed by atoms with Gasteiger partial charge in [-0.05, 0) is 28.2 Å². The van der Waals surface area contributed by atoms with Crippen LogP contribution in [-0.2, 0) is 19.1 Å². The molecule has 0 bridgehead atoms. The van der Waals surface area contributed by atoms with Gasteiger partial charge in [0.1, 0.15) is 13.2 Å². The number of hydrogen-bond donors (Lipinski definition) is 2. The number of carbonyl (C=O) groups excluding carboxylic acids is 2. The summed E-state index contributed by atoms with van der Waals surface area (Å²) in [5, 5.41) is 11.1. The molecule has 2 aromatic carbocycles. The number of ether oxygens (including phenoxy) is 2. The Morgan fingerprint density at radius 1 is 1.03 bits per heavy atom. The molecule has 2 aromatic rings. The SMILES string of the molecule is O=C(O)COC1CN(C(=O)C#CCNC(=O)OCC2c3ccccc3-c3ccccc32)C1. The highest BCUT2D eigenvalue weighted by molar-refractivity contribution is 5.94. The molecule has 1 saturated heterocycles. The van der Waals surface area contributed by atoms with E-state index in [4.69, 9.17) is 14.6 Å². The van der Waals surface area contributed by atoms with Gasteiger partial charge in [0.15, 0.2) is 0 Å². The van der Waals surface area contributed by atoms with Crippen molar-refractivity contribution in [3.8, 4) is 23.0 Å². The van der Waals surface area contributed by atoms with Crippen molar-refractivity contribution in [3.05, 3.63) is 59.7 Å². The zero-order valence-electron chi connectivity index (χ0n) is 17.2. The second-order valence-corrected chi connectivity index (χ2v) is 7.52. The minimum absolute atomic E-state index is 0.0187. The number of rotatable bonds is 6. The molecular weight excluding hydrogens is 412 g/mol. The van der Waals surface area contributed by atoms with Gasteiger partial charge in [-0.15, -0.1) is 0 Å². The van der Waals surface area contributed by atoms with E-state index in [1.165, 1.54) is 4.90 Å². The van der Waals surface area contributed by atoms with Gasteiger partial charge in [-0.25, -0.2) is 9.59 Å². The first kappa shape index (κ1) is 21.4. The van der Waals surface area contributed by atoms with Gasteiger partial charge >= 0.3 is 12.1 Å². The lowest BCUT2D eigenvalue weighted by Crippen LogP contribution is -2.54. The summed E-state index contributed by atoms with van der Waals surface area (Å²) in [6.07, 6.45) is -0.879. The summed E-state index contributed by atoms with van der Waals surface area (Å²) in [7, 11) is 0. The number of benzene rings is 2. The van der Waals surface area contributed by atoms with Crippen molar-refractivity contribution in [3.63, 3.8) is 0 Å². The molecule has 2 N–H and O–H groups in total. The molecule has 0 saturated carbocycles. The number of carboxylic acid groups (broad SMARTS) is 1. The van der Waals surface area contributed by atoms with E-state index in [0.717, 1.165) is 22.3 Å². The zero-order chi connectivity index (χ0) is 22.5. The maximum Gasteiger partial charge on any atom is 0.407 e. The number of hydrogen-bond acceptors (Lipinski definition) is 5. The number of alkyl carbamates (subject to hydrolysis) is 1. The number of amides is 2. The van der Waals surface area contributed by atoms with Crippen molar-refractivity contribution in [1.29, 1.82) is 0 Å². The van der Waals surface area contributed by atoms with E-state index in [-0.39, 0.29) is 31.8 Å². The van der Waals surface area contributed by atoms with Crippen LogP contribution in [0.3, 0.4) is 0 Å². The average molecular weight is 434 g/mol. The summed E-state index contributed by atoms with van der Waals surface area (Å²) in [4.78, 5) is 35.9. The van der Waals surface area contributed by atoms with E-state index in [1.54, 1.807) is 0 Å². The van der Waals surface area contributed by atoms with Gasteiger partial charge in [-0.1, -0.05) is 54.5 Å². The predicted molar refractivity (Wildman–Crippen MR) is 115 cm³/mol. The highest BCUT2D eigenvalue weighted by Crippen LogP contribution is 2.44. The fourth-order valence-corrected chi connectivity index (χ4v) is 3.86. The van der Waals surface area contributed by atoms with Crippen LogP contribution in [0, 0.1) is 11.8 Å². The molecule has 0 unspecified atom stereocenters. The first-order chi connectivity index (χ1) is 15.5. The minimum Gasteiger partial charge on any atom is -0.480 e. The van der Waals surface area contributed by atoms with Gasteiger partial charge in [0.2, 0.25) is 0 Å². The van der Waals surface area contributed by atoms with Gasteiger partial charge in [0.25, 0.3) is 5.91 Å². The van der Waals surface area contributed by atoms with Crippen LogP contribution in [0.1, 0.15) is 17.0 Å². The summed E-state index contributed by atoms with van der Waals surface area (Å²) < 4.78 is 10.5. The third-order valence-corrected chi connectivity index (χ3v) is 5.44. The lowest BCUT2D eigenvalue weighted by atomic mass is 9.98. The molecule has 1 heterocycles. The van der Waals surface area contributed by atoms with Crippen LogP contribution in [0.15, 0.2) is 48.5 Å². The highest BCUT2D eigenvalue weighted by atomic mass is 16.5. The van der Waals surface area contributed by atoms with Crippen LogP contribution < -0.4 is 5.32 Å². The standard InChI is InChI=1S/C24H22N2O6/c27-22(26-12-16(13-26)31-15-23(28)29)10-5-11-25-24(30)32-14-21-19-8-3-1-6-17(19)18-7-2-4-9-20(18)21/h1-4,6-9,16,21H,11-15H2,(H,25,30)(H,28,29). The lowest BCUT2D eigenvalue weighted by molar-refractivity contribution is -0.152. The fourth-order valence-electron chi connectivity index (χ4n) is 3.86. The lowest BCUT2D eigenvalue weighted by Gasteiger charge is -2.37. The molecule has 0 radical (unpaired) electrons. The van der Waals surface area contributed by atoms with Crippen LogP contribution in [0.5, 0.6) is 0 Å². The Bertz CT molecular complexity index is 1050. The molecule has 1 fully saturated rings. The summed E-state index contributed by atoms with van der Waals surface area (Å²) in [6.45, 7) is 0.413. The molecule has 8 nitrogen and oxygen atoms in total. The smallest absolute Gasteiger partial charge is 0.407 e. The van der Waals surface area contributed by atoms with Crippen LogP contribution in [0.2, 0.25) is 0 Å². The van der Waals surface area contributed by atoms with E-state index < -0.39 is 18.0 Å². The number of aliphatic carboxylic acids is 1. The Balaban J connectivity index is 1.21. The quantitative estimate of drug-likeness (QED) is 0.673. The molecule has 4 rings (SSSR count). The number of nitrogens with zero attached hydrogens (tertiary/aromatic N) is 1. The minimum atomic E-state index is -1.05. The number of fused-ring (bicyclic) bond motifs is 3. The third kappa shape index (κ3) is 4.74. The van der Waals surface area contributed by atoms with Crippen LogP contribution in [0.25, 0.3) is 11.1 Å². The molecule has 1 aliphatic heterocycles. The molecule has 1 aliphatic carbocycles. The van der Waals surface area contributed by atoms with Crippen LogP contribution >= 0.6 is 0 Å². The maximum atomic E-state index is 12.1. The average Bonchev–Trinajstić information content (AvgIpc) is 3.08. The molecular formula is C24H22N2O6. The third-order valence-electron chi connectivity index (χ3n) is 5.44. The molecule has 0 atom stereocenters. The Labute approximate surface area is 185 Å².